The first-order valence-corrected chi connectivity index (χ1v) is 11.2. The minimum atomic E-state index is -0.237. The number of hydrogen-bond acceptors (Lipinski definition) is 5. The van der Waals surface area contributed by atoms with E-state index in [4.69, 9.17) is 11.6 Å². The summed E-state index contributed by atoms with van der Waals surface area (Å²) in [6, 6.07) is 12.9. The Labute approximate surface area is 190 Å². The molecule has 31 heavy (non-hydrogen) atoms. The third kappa shape index (κ3) is 6.08. The molecule has 162 valence electrons. The van der Waals surface area contributed by atoms with Gasteiger partial charge in [-0.05, 0) is 44.5 Å². The van der Waals surface area contributed by atoms with Crippen molar-refractivity contribution < 1.29 is 9.59 Å². The maximum absolute atomic E-state index is 12.4. The normalized spacial score (nSPS) is 10.7. The van der Waals surface area contributed by atoms with Crippen molar-refractivity contribution in [1.82, 2.24) is 14.8 Å². The highest BCUT2D eigenvalue weighted by atomic mass is 35.5. The summed E-state index contributed by atoms with van der Waals surface area (Å²) >= 11 is 7.38. The van der Waals surface area contributed by atoms with Gasteiger partial charge < -0.3 is 15.2 Å². The number of anilines is 2. The molecule has 2 amide bonds. The minimum Gasteiger partial charge on any atom is -0.325 e. The molecule has 1 heterocycles. The summed E-state index contributed by atoms with van der Waals surface area (Å²) < 4.78 is 1.83. The molecule has 7 nitrogen and oxygen atoms in total. The molecule has 0 saturated carbocycles. The fourth-order valence-corrected chi connectivity index (χ4v) is 4.05. The van der Waals surface area contributed by atoms with Gasteiger partial charge in [-0.1, -0.05) is 53.2 Å². The molecule has 0 unspecified atom stereocenters. The van der Waals surface area contributed by atoms with Gasteiger partial charge in [-0.15, -0.1) is 10.2 Å². The molecule has 0 saturated heterocycles. The Bertz CT molecular complexity index is 1100. The van der Waals surface area contributed by atoms with Crippen molar-refractivity contribution in [3.8, 4) is 0 Å². The molecule has 3 rings (SSSR count). The van der Waals surface area contributed by atoms with Crippen molar-refractivity contribution in [1.29, 1.82) is 0 Å². The van der Waals surface area contributed by atoms with Crippen molar-refractivity contribution >= 4 is 46.6 Å². The third-order valence-corrected chi connectivity index (χ3v) is 5.86. The molecule has 0 aliphatic carbocycles. The van der Waals surface area contributed by atoms with E-state index in [0.29, 0.717) is 28.2 Å². The molecule has 3 aromatic rings. The second kappa shape index (κ2) is 10.5. The summed E-state index contributed by atoms with van der Waals surface area (Å²) in [5, 5.41) is 15.1. The van der Waals surface area contributed by atoms with E-state index in [0.717, 1.165) is 16.8 Å². The lowest BCUT2D eigenvalue weighted by Crippen LogP contribution is -2.18. The van der Waals surface area contributed by atoms with Crippen LogP contribution in [0.5, 0.6) is 0 Å². The topological polar surface area (TPSA) is 88.9 Å². The van der Waals surface area contributed by atoms with Gasteiger partial charge in [-0.2, -0.15) is 0 Å². The third-order valence-electron chi connectivity index (χ3n) is 4.56. The van der Waals surface area contributed by atoms with Crippen LogP contribution in [0.1, 0.15) is 23.9 Å². The van der Waals surface area contributed by atoms with Crippen LogP contribution in [0.2, 0.25) is 5.02 Å². The highest BCUT2D eigenvalue weighted by molar-refractivity contribution is 7.99. The quantitative estimate of drug-likeness (QED) is 0.487. The van der Waals surface area contributed by atoms with Crippen molar-refractivity contribution in [3.05, 3.63) is 64.4 Å². The lowest BCUT2D eigenvalue weighted by atomic mass is 10.1. The van der Waals surface area contributed by atoms with Crippen LogP contribution in [0, 0.1) is 13.8 Å². The SMILES string of the molecule is CCn1c(CC(=O)Nc2ccccc2Cl)nnc1SCC(=O)Nc1ccc(C)cc1C. The summed E-state index contributed by atoms with van der Waals surface area (Å²) in [6.45, 7) is 6.50. The maximum atomic E-state index is 12.4. The van der Waals surface area contributed by atoms with Gasteiger partial charge in [0.15, 0.2) is 5.16 Å². The van der Waals surface area contributed by atoms with Gasteiger partial charge in [0.1, 0.15) is 5.82 Å². The van der Waals surface area contributed by atoms with E-state index < -0.39 is 0 Å². The largest absolute Gasteiger partial charge is 0.325 e. The molecule has 0 bridgehead atoms. The molecule has 0 radical (unpaired) electrons. The van der Waals surface area contributed by atoms with Gasteiger partial charge >= 0.3 is 0 Å². The monoisotopic (exact) mass is 457 g/mol. The number of benzene rings is 2. The van der Waals surface area contributed by atoms with Crippen LogP contribution in [0.15, 0.2) is 47.6 Å². The predicted octanol–water partition coefficient (Wildman–Crippen LogP) is 4.48. The minimum absolute atomic E-state index is 0.0569. The number of amides is 2. The van der Waals surface area contributed by atoms with Gasteiger partial charge in [0.2, 0.25) is 11.8 Å². The van der Waals surface area contributed by atoms with E-state index in [1.807, 2.05) is 43.5 Å². The smallest absolute Gasteiger partial charge is 0.234 e. The summed E-state index contributed by atoms with van der Waals surface area (Å²) in [5.74, 6) is 0.362. The lowest BCUT2D eigenvalue weighted by molar-refractivity contribution is -0.116. The average molecular weight is 458 g/mol. The van der Waals surface area contributed by atoms with Gasteiger partial charge in [-0.25, -0.2) is 0 Å². The molecule has 2 aromatic carbocycles. The second-order valence-electron chi connectivity index (χ2n) is 7.00. The highest BCUT2D eigenvalue weighted by Gasteiger charge is 2.17. The molecular weight excluding hydrogens is 434 g/mol. The fraction of sp³-hybridized carbons (Fsp3) is 0.273. The Balaban J connectivity index is 1.59. The predicted molar refractivity (Wildman–Crippen MR) is 125 cm³/mol. The lowest BCUT2D eigenvalue weighted by Gasteiger charge is -2.10. The number of nitrogens with one attached hydrogen (secondary N) is 2. The Morgan fingerprint density at radius 3 is 2.48 bits per heavy atom. The zero-order valence-corrected chi connectivity index (χ0v) is 19.2. The summed E-state index contributed by atoms with van der Waals surface area (Å²) in [5.41, 5.74) is 3.51. The van der Waals surface area contributed by atoms with Crippen molar-refractivity contribution in [2.75, 3.05) is 16.4 Å². The van der Waals surface area contributed by atoms with Crippen LogP contribution >= 0.6 is 23.4 Å². The van der Waals surface area contributed by atoms with E-state index in [9.17, 15) is 9.59 Å². The molecular formula is C22H24ClN5O2S. The molecule has 1 aromatic heterocycles. The van der Waals surface area contributed by atoms with Crippen LogP contribution in [0.4, 0.5) is 11.4 Å². The van der Waals surface area contributed by atoms with E-state index in [1.165, 1.54) is 11.8 Å². The van der Waals surface area contributed by atoms with E-state index in [2.05, 4.69) is 20.8 Å². The van der Waals surface area contributed by atoms with Crippen LogP contribution in [0.25, 0.3) is 0 Å². The molecule has 9 heteroatoms. The molecule has 0 atom stereocenters. The first kappa shape index (κ1) is 22.8. The van der Waals surface area contributed by atoms with Crippen LogP contribution in [-0.2, 0) is 22.6 Å². The average Bonchev–Trinajstić information content (AvgIpc) is 3.11. The number of thioether (sulfide) groups is 1. The number of carbonyl (C=O) groups excluding carboxylic acids is 2. The fourth-order valence-electron chi connectivity index (χ4n) is 3.05. The van der Waals surface area contributed by atoms with Crippen molar-refractivity contribution in [3.63, 3.8) is 0 Å². The number of halogens is 1. The first-order chi connectivity index (χ1) is 14.9. The molecule has 0 aliphatic rings. The van der Waals surface area contributed by atoms with Crippen LogP contribution in [0.3, 0.4) is 0 Å². The van der Waals surface area contributed by atoms with Crippen molar-refractivity contribution in [2.45, 2.75) is 38.9 Å². The first-order valence-electron chi connectivity index (χ1n) is 9.83. The summed E-state index contributed by atoms with van der Waals surface area (Å²) in [6.07, 6.45) is 0.0569. The molecule has 0 fully saturated rings. The van der Waals surface area contributed by atoms with Gasteiger partial charge in [-0.3, -0.25) is 9.59 Å². The number of nitrogens with zero attached hydrogens (tertiary/aromatic N) is 3. The standard InChI is InChI=1S/C22H24ClN5O2S/c1-4-28-19(12-20(29)25-18-8-6-5-7-16(18)23)26-27-22(28)31-13-21(30)24-17-10-9-14(2)11-15(17)3/h5-11H,4,12-13H2,1-3H3,(H,24,30)(H,25,29). The second-order valence-corrected chi connectivity index (χ2v) is 8.35. The highest BCUT2D eigenvalue weighted by Crippen LogP contribution is 2.22. The molecule has 0 spiro atoms. The van der Waals surface area contributed by atoms with Crippen molar-refractivity contribution in [2.24, 2.45) is 0 Å². The number of aromatic nitrogens is 3. The molecule has 0 aliphatic heterocycles. The van der Waals surface area contributed by atoms with Crippen LogP contribution < -0.4 is 10.6 Å². The summed E-state index contributed by atoms with van der Waals surface area (Å²) in [7, 11) is 0. The zero-order chi connectivity index (χ0) is 22.4. The van der Waals surface area contributed by atoms with Gasteiger partial charge in [0, 0.05) is 12.2 Å². The van der Waals surface area contributed by atoms with E-state index in [-0.39, 0.29) is 24.0 Å². The zero-order valence-electron chi connectivity index (χ0n) is 17.6. The maximum Gasteiger partial charge on any atom is 0.234 e. The van der Waals surface area contributed by atoms with E-state index >= 15 is 0 Å². The Morgan fingerprint density at radius 2 is 1.77 bits per heavy atom. The number of hydrogen-bond donors (Lipinski definition) is 2. The Morgan fingerprint density at radius 1 is 1.03 bits per heavy atom. The number of carbonyl (C=O) groups is 2. The van der Waals surface area contributed by atoms with E-state index in [1.54, 1.807) is 24.3 Å². The Hall–Kier alpha value is -2.84. The number of aryl methyl sites for hydroxylation is 2. The van der Waals surface area contributed by atoms with Gasteiger partial charge in [0.05, 0.1) is 22.9 Å². The van der Waals surface area contributed by atoms with Gasteiger partial charge in [0.25, 0.3) is 0 Å². The van der Waals surface area contributed by atoms with Crippen LogP contribution in [-0.4, -0.2) is 32.3 Å². The number of rotatable bonds is 8. The number of para-hydroxylation sites is 1. The summed E-state index contributed by atoms with van der Waals surface area (Å²) in [4.78, 5) is 24.8. The Kier molecular flexibility index (Phi) is 7.70. The molecule has 2 N–H and O–H groups in total.